The van der Waals surface area contributed by atoms with Gasteiger partial charge in [0.2, 0.25) is 0 Å². The first-order valence-electron chi connectivity index (χ1n) is 6.69. The molecule has 0 aliphatic rings. The second-order valence-corrected chi connectivity index (χ2v) is 28.1. The third-order valence-corrected chi connectivity index (χ3v) is 23.2. The van der Waals surface area contributed by atoms with E-state index in [4.69, 9.17) is 0 Å². The van der Waals surface area contributed by atoms with Crippen LogP contribution in [0.15, 0.2) is 0 Å². The monoisotopic (exact) mass is 404 g/mol. The van der Waals surface area contributed by atoms with Crippen LogP contribution in [0.5, 0.6) is 0 Å². The fourth-order valence-electron chi connectivity index (χ4n) is 1.73. The molecule has 0 aromatic heterocycles. The van der Waals surface area contributed by atoms with Gasteiger partial charge in [-0.1, -0.05) is 0 Å². The van der Waals surface area contributed by atoms with Crippen molar-refractivity contribution in [1.29, 1.82) is 0 Å². The molecular weight excluding hydrogens is 374 g/mol. The molecule has 0 spiro atoms. The molecule has 0 bridgehead atoms. The molecule has 0 aromatic carbocycles. The molecule has 2 heteroatoms. The SMILES string of the molecule is C[CH2][In]([CH2]C)[CH2]C.C[CH2][In]([CH2]C)[CH2]C. The third kappa shape index (κ3) is 11.8. The Morgan fingerprint density at radius 2 is 0.571 bits per heavy atom. The van der Waals surface area contributed by atoms with E-state index in [9.17, 15) is 0 Å². The molecule has 14 heavy (non-hydrogen) atoms. The minimum atomic E-state index is -0.764. The van der Waals surface area contributed by atoms with Crippen LogP contribution in [0.4, 0.5) is 0 Å². The van der Waals surface area contributed by atoms with Crippen LogP contribution >= 0.6 is 0 Å². The molecule has 0 unspecified atom stereocenters. The van der Waals surface area contributed by atoms with E-state index in [1.165, 1.54) is 0 Å². The molecule has 0 aromatic rings. The molecule has 0 N–H and O–H groups in total. The van der Waals surface area contributed by atoms with Gasteiger partial charge in [-0.2, -0.15) is 0 Å². The molecule has 0 atom stereocenters. The summed E-state index contributed by atoms with van der Waals surface area (Å²) >= 11 is -1.53. The van der Waals surface area contributed by atoms with E-state index in [2.05, 4.69) is 41.5 Å². The summed E-state index contributed by atoms with van der Waals surface area (Å²) in [5, 5.41) is 0. The Hall–Kier alpha value is 1.74. The molecule has 0 rings (SSSR count). The summed E-state index contributed by atoms with van der Waals surface area (Å²) in [5.41, 5.74) is 0. The van der Waals surface area contributed by atoms with Crippen LogP contribution < -0.4 is 0 Å². The molecule has 84 valence electrons. The van der Waals surface area contributed by atoms with Gasteiger partial charge in [-0.05, 0) is 0 Å². The van der Waals surface area contributed by atoms with Crippen LogP contribution in [0.2, 0.25) is 25.1 Å². The molecule has 0 heterocycles. The van der Waals surface area contributed by atoms with E-state index in [-0.39, 0.29) is 0 Å². The van der Waals surface area contributed by atoms with Crippen molar-refractivity contribution in [3.05, 3.63) is 0 Å². The maximum atomic E-state index is 2.35. The summed E-state index contributed by atoms with van der Waals surface area (Å²) in [4.78, 5) is 0. The summed E-state index contributed by atoms with van der Waals surface area (Å²) in [6.45, 7) is 14.1. The summed E-state index contributed by atoms with van der Waals surface area (Å²) in [6, 6.07) is 0. The molecule has 0 nitrogen and oxygen atoms in total. The zero-order valence-electron chi connectivity index (χ0n) is 11.4. The fourth-order valence-corrected chi connectivity index (χ4v) is 11.6. The first-order chi connectivity index (χ1) is 6.69. The van der Waals surface area contributed by atoms with Crippen LogP contribution in [-0.4, -0.2) is 42.9 Å². The standard InChI is InChI=1S/6C2H5.2In/c6*1-2;;/h6*1H2,2H3;;. The Balaban J connectivity index is 0. The van der Waals surface area contributed by atoms with E-state index in [1.807, 2.05) is 0 Å². The fraction of sp³-hybridized carbons (Fsp3) is 1.00. The topological polar surface area (TPSA) is 0 Å². The first-order valence-corrected chi connectivity index (χ1v) is 20.7. The Labute approximate surface area is 108 Å². The molecule has 0 aliphatic heterocycles. The van der Waals surface area contributed by atoms with Crippen molar-refractivity contribution in [2.45, 2.75) is 66.6 Å². The van der Waals surface area contributed by atoms with Gasteiger partial charge in [0.1, 0.15) is 0 Å². The van der Waals surface area contributed by atoms with Gasteiger partial charge in [0.15, 0.2) is 0 Å². The maximum absolute atomic E-state index is 2.35. The number of rotatable bonds is 6. The van der Waals surface area contributed by atoms with Crippen LogP contribution in [0.25, 0.3) is 0 Å². The van der Waals surface area contributed by atoms with Gasteiger partial charge in [0, 0.05) is 0 Å². The molecule has 0 radical (unpaired) electrons. The molecule has 0 saturated carbocycles. The predicted octanol–water partition coefficient (Wildman–Crippen LogP) is 5.08. The van der Waals surface area contributed by atoms with E-state index >= 15 is 0 Å². The Morgan fingerprint density at radius 1 is 0.429 bits per heavy atom. The average molecular weight is 404 g/mol. The van der Waals surface area contributed by atoms with E-state index in [1.54, 1.807) is 25.1 Å². The Kier molecular flexibility index (Phi) is 19.1. The van der Waals surface area contributed by atoms with E-state index in [0.717, 1.165) is 0 Å². The molecular formula is C12H30In2. The quantitative estimate of drug-likeness (QED) is 0.580. The summed E-state index contributed by atoms with van der Waals surface area (Å²) in [5.74, 6) is 0. The number of hydrogen-bond acceptors (Lipinski definition) is 0. The van der Waals surface area contributed by atoms with Crippen LogP contribution in [0.1, 0.15) is 41.5 Å². The zero-order valence-corrected chi connectivity index (χ0v) is 18.0. The second kappa shape index (κ2) is 14.7. The zero-order chi connectivity index (χ0) is 11.4. The van der Waals surface area contributed by atoms with E-state index < -0.39 is 42.9 Å². The molecule has 0 fully saturated rings. The van der Waals surface area contributed by atoms with Gasteiger partial charge in [-0.25, -0.2) is 0 Å². The first kappa shape index (κ1) is 18.1. The van der Waals surface area contributed by atoms with Crippen molar-refractivity contribution in [3.63, 3.8) is 0 Å². The van der Waals surface area contributed by atoms with Crippen molar-refractivity contribution in [2.75, 3.05) is 0 Å². The van der Waals surface area contributed by atoms with Crippen molar-refractivity contribution >= 4 is 42.9 Å². The Bertz CT molecular complexity index is 63.3. The van der Waals surface area contributed by atoms with Crippen molar-refractivity contribution in [2.24, 2.45) is 0 Å². The van der Waals surface area contributed by atoms with Crippen molar-refractivity contribution in [3.8, 4) is 0 Å². The third-order valence-electron chi connectivity index (χ3n) is 3.46. The van der Waals surface area contributed by atoms with Gasteiger partial charge in [-0.3, -0.25) is 0 Å². The number of hydrogen-bond donors (Lipinski definition) is 0. The van der Waals surface area contributed by atoms with Gasteiger partial charge >= 0.3 is 109 Å². The van der Waals surface area contributed by atoms with Gasteiger partial charge in [-0.15, -0.1) is 0 Å². The molecule has 0 aliphatic carbocycles. The normalized spacial score (nSPS) is 9.00. The van der Waals surface area contributed by atoms with Crippen LogP contribution in [0.3, 0.4) is 0 Å². The Morgan fingerprint density at radius 3 is 0.571 bits per heavy atom. The second-order valence-electron chi connectivity index (χ2n) is 4.18. The predicted molar refractivity (Wildman–Crippen MR) is 74.4 cm³/mol. The summed E-state index contributed by atoms with van der Waals surface area (Å²) < 4.78 is 9.38. The average Bonchev–Trinajstić information content (AvgIpc) is 2.24. The van der Waals surface area contributed by atoms with Gasteiger partial charge in [0.05, 0.1) is 0 Å². The van der Waals surface area contributed by atoms with Crippen LogP contribution in [-0.2, 0) is 0 Å². The summed E-state index contributed by atoms with van der Waals surface area (Å²) in [6.07, 6.45) is 0. The minimum absolute atomic E-state index is 0.764. The van der Waals surface area contributed by atoms with Gasteiger partial charge in [0.25, 0.3) is 0 Å². The summed E-state index contributed by atoms with van der Waals surface area (Å²) in [7, 11) is 0. The molecule has 0 amide bonds. The van der Waals surface area contributed by atoms with E-state index in [0.29, 0.717) is 0 Å². The van der Waals surface area contributed by atoms with Crippen molar-refractivity contribution in [1.82, 2.24) is 0 Å². The van der Waals surface area contributed by atoms with Crippen molar-refractivity contribution < 1.29 is 0 Å². The molecule has 0 saturated heterocycles. The van der Waals surface area contributed by atoms with Crippen LogP contribution in [0, 0.1) is 0 Å². The van der Waals surface area contributed by atoms with Gasteiger partial charge < -0.3 is 0 Å².